The number of benzene rings is 2. The predicted octanol–water partition coefficient (Wildman–Crippen LogP) is 4.24. The van der Waals surface area contributed by atoms with Crippen molar-refractivity contribution in [2.24, 2.45) is 5.92 Å². The third kappa shape index (κ3) is 4.84. The molecule has 0 spiro atoms. The Kier molecular flexibility index (Phi) is 6.59. The van der Waals surface area contributed by atoms with Crippen LogP contribution in [0.15, 0.2) is 54.6 Å². The Morgan fingerprint density at radius 3 is 2.59 bits per heavy atom. The van der Waals surface area contributed by atoms with Crippen LogP contribution in [0.3, 0.4) is 0 Å². The highest BCUT2D eigenvalue weighted by Gasteiger charge is 2.52. The molecular weight excluding hydrogens is 402 g/mol. The third-order valence-electron chi connectivity index (χ3n) is 7.30. The van der Waals surface area contributed by atoms with E-state index in [0.717, 1.165) is 31.2 Å². The summed E-state index contributed by atoms with van der Waals surface area (Å²) in [6.45, 7) is 4.66. The van der Waals surface area contributed by atoms with Gasteiger partial charge in [0, 0.05) is 18.0 Å². The van der Waals surface area contributed by atoms with E-state index >= 15 is 0 Å². The lowest BCUT2D eigenvalue weighted by molar-refractivity contribution is -0.215. The lowest BCUT2D eigenvalue weighted by Crippen LogP contribution is -2.54. The molecule has 4 rings (SSSR count). The summed E-state index contributed by atoms with van der Waals surface area (Å²) >= 11 is 0. The van der Waals surface area contributed by atoms with E-state index in [9.17, 15) is 9.90 Å². The van der Waals surface area contributed by atoms with Crippen molar-refractivity contribution >= 4 is 5.91 Å². The van der Waals surface area contributed by atoms with Crippen molar-refractivity contribution < 1.29 is 19.4 Å². The largest absolute Gasteiger partial charge is 0.496 e. The molecule has 2 aromatic carbocycles. The summed E-state index contributed by atoms with van der Waals surface area (Å²) < 4.78 is 11.9. The number of ether oxygens (including phenoxy) is 2. The standard InChI is InChI=1S/C27H35NO4/c1-26-14-13-21(18-28-24(29)15-20-11-7-8-12-23(20)31-3)25(30)27(2,32-26)17-22(16-26)19-9-5-4-6-10-19/h4-12,21-22,25,30H,13-18H2,1-3H3,(H,28,29)/t21-,22-,25-,26-,27-/m0/s1. The summed E-state index contributed by atoms with van der Waals surface area (Å²) in [5.74, 6) is 0.964. The molecular formula is C27H35NO4. The monoisotopic (exact) mass is 437 g/mol. The lowest BCUT2D eigenvalue weighted by atomic mass is 9.74. The number of carbonyl (C=O) groups is 1. The average Bonchev–Trinajstić information content (AvgIpc) is 2.85. The van der Waals surface area contributed by atoms with Crippen LogP contribution in [0.1, 0.15) is 56.6 Å². The molecule has 2 fully saturated rings. The Balaban J connectivity index is 1.43. The summed E-state index contributed by atoms with van der Waals surface area (Å²) in [7, 11) is 1.61. The van der Waals surface area contributed by atoms with Gasteiger partial charge in [0.15, 0.2) is 0 Å². The number of rotatable bonds is 6. The van der Waals surface area contributed by atoms with E-state index in [-0.39, 0.29) is 23.8 Å². The van der Waals surface area contributed by atoms with Crippen LogP contribution < -0.4 is 10.1 Å². The van der Waals surface area contributed by atoms with E-state index in [1.54, 1.807) is 7.11 Å². The van der Waals surface area contributed by atoms with E-state index in [4.69, 9.17) is 9.47 Å². The molecule has 2 saturated heterocycles. The van der Waals surface area contributed by atoms with Gasteiger partial charge in [0.05, 0.1) is 30.8 Å². The quantitative estimate of drug-likeness (QED) is 0.710. The average molecular weight is 438 g/mol. The molecule has 2 bridgehead atoms. The maximum absolute atomic E-state index is 12.6. The van der Waals surface area contributed by atoms with E-state index in [1.165, 1.54) is 5.56 Å². The highest BCUT2D eigenvalue weighted by atomic mass is 16.5. The summed E-state index contributed by atoms with van der Waals surface area (Å²) in [5.41, 5.74) is 1.26. The molecule has 2 N–H and O–H groups in total. The number of aliphatic hydroxyl groups is 1. The Hall–Kier alpha value is -2.37. The van der Waals surface area contributed by atoms with Gasteiger partial charge in [-0.25, -0.2) is 0 Å². The number of nitrogens with one attached hydrogen (secondary N) is 1. The number of fused-ring (bicyclic) bond motifs is 2. The van der Waals surface area contributed by atoms with Crippen molar-refractivity contribution in [2.45, 2.75) is 69.2 Å². The van der Waals surface area contributed by atoms with Crippen molar-refractivity contribution in [3.63, 3.8) is 0 Å². The van der Waals surface area contributed by atoms with Crippen LogP contribution in [0.2, 0.25) is 0 Å². The minimum atomic E-state index is -0.637. The van der Waals surface area contributed by atoms with Crippen LogP contribution in [0.25, 0.3) is 0 Å². The Bertz CT molecular complexity index is 932. The molecule has 172 valence electrons. The van der Waals surface area contributed by atoms with Gasteiger partial charge in [0.1, 0.15) is 5.75 Å². The smallest absolute Gasteiger partial charge is 0.224 e. The van der Waals surface area contributed by atoms with Crippen LogP contribution in [-0.4, -0.2) is 42.0 Å². The van der Waals surface area contributed by atoms with Crippen molar-refractivity contribution in [1.82, 2.24) is 5.32 Å². The topological polar surface area (TPSA) is 67.8 Å². The SMILES string of the molecule is COc1ccccc1CC(=O)NC[C@@H]1CC[C@@]2(C)C[C@H](c3ccccc3)C[C@](C)(O2)[C@H]1O. The first-order valence-electron chi connectivity index (χ1n) is 11.6. The number of carbonyl (C=O) groups excluding carboxylic acids is 1. The summed E-state index contributed by atoms with van der Waals surface area (Å²) in [6.07, 6.45) is 3.04. The normalized spacial score (nSPS) is 32.1. The highest BCUT2D eigenvalue weighted by Crippen LogP contribution is 2.50. The highest BCUT2D eigenvalue weighted by molar-refractivity contribution is 5.79. The second-order valence-electron chi connectivity index (χ2n) is 9.92. The van der Waals surface area contributed by atoms with Gasteiger partial charge in [0.25, 0.3) is 0 Å². The molecule has 0 saturated carbocycles. The van der Waals surface area contributed by atoms with Gasteiger partial charge in [-0.05, 0) is 57.1 Å². The summed E-state index contributed by atoms with van der Waals surface area (Å²) in [4.78, 5) is 12.6. The molecule has 2 heterocycles. The zero-order chi connectivity index (χ0) is 22.8. The van der Waals surface area contributed by atoms with Gasteiger partial charge in [-0.3, -0.25) is 4.79 Å². The van der Waals surface area contributed by atoms with Crippen LogP contribution >= 0.6 is 0 Å². The molecule has 0 aliphatic carbocycles. The molecule has 0 radical (unpaired) electrons. The minimum absolute atomic E-state index is 0.0435. The number of hydrogen-bond donors (Lipinski definition) is 2. The molecule has 2 aliphatic heterocycles. The van der Waals surface area contributed by atoms with Crippen molar-refractivity contribution in [3.05, 3.63) is 65.7 Å². The van der Waals surface area contributed by atoms with Crippen molar-refractivity contribution in [2.75, 3.05) is 13.7 Å². The molecule has 32 heavy (non-hydrogen) atoms. The first-order valence-corrected chi connectivity index (χ1v) is 11.6. The summed E-state index contributed by atoms with van der Waals surface area (Å²) in [6, 6.07) is 18.1. The van der Waals surface area contributed by atoms with Crippen LogP contribution in [0.4, 0.5) is 0 Å². The van der Waals surface area contributed by atoms with E-state index in [2.05, 4.69) is 36.5 Å². The number of para-hydroxylation sites is 1. The first-order chi connectivity index (χ1) is 15.3. The van der Waals surface area contributed by atoms with Gasteiger partial charge < -0.3 is 19.9 Å². The fraction of sp³-hybridized carbons (Fsp3) is 0.519. The number of amides is 1. The minimum Gasteiger partial charge on any atom is -0.496 e. The zero-order valence-electron chi connectivity index (χ0n) is 19.3. The zero-order valence-corrected chi connectivity index (χ0v) is 19.3. The second-order valence-corrected chi connectivity index (χ2v) is 9.92. The van der Waals surface area contributed by atoms with Gasteiger partial charge >= 0.3 is 0 Å². The lowest BCUT2D eigenvalue weighted by Gasteiger charge is -2.49. The van der Waals surface area contributed by atoms with Gasteiger partial charge in [-0.2, -0.15) is 0 Å². The Labute approximate surface area is 191 Å². The molecule has 2 aliphatic rings. The first kappa shape index (κ1) is 22.8. The van der Waals surface area contributed by atoms with Gasteiger partial charge in [0.2, 0.25) is 5.91 Å². The summed E-state index contributed by atoms with van der Waals surface area (Å²) in [5, 5.41) is 14.4. The number of aliphatic hydroxyl groups excluding tert-OH is 1. The number of hydrogen-bond acceptors (Lipinski definition) is 4. The second kappa shape index (κ2) is 9.24. The van der Waals surface area contributed by atoms with E-state index in [0.29, 0.717) is 18.2 Å². The molecule has 2 aromatic rings. The molecule has 5 heteroatoms. The Morgan fingerprint density at radius 1 is 1.12 bits per heavy atom. The molecule has 0 unspecified atom stereocenters. The van der Waals surface area contributed by atoms with Crippen LogP contribution in [0.5, 0.6) is 5.75 Å². The maximum atomic E-state index is 12.6. The van der Waals surface area contributed by atoms with Crippen LogP contribution in [-0.2, 0) is 16.0 Å². The fourth-order valence-corrected chi connectivity index (χ4v) is 5.71. The van der Waals surface area contributed by atoms with Crippen LogP contribution in [0, 0.1) is 5.92 Å². The van der Waals surface area contributed by atoms with Crippen molar-refractivity contribution in [3.8, 4) is 5.75 Å². The molecule has 1 amide bonds. The maximum Gasteiger partial charge on any atom is 0.224 e. The number of methoxy groups -OCH3 is 1. The van der Waals surface area contributed by atoms with E-state index in [1.807, 2.05) is 37.3 Å². The van der Waals surface area contributed by atoms with Gasteiger partial charge in [-0.15, -0.1) is 0 Å². The predicted molar refractivity (Wildman–Crippen MR) is 125 cm³/mol. The third-order valence-corrected chi connectivity index (χ3v) is 7.30. The Morgan fingerprint density at radius 2 is 1.84 bits per heavy atom. The van der Waals surface area contributed by atoms with Crippen molar-refractivity contribution in [1.29, 1.82) is 0 Å². The molecule has 0 aromatic heterocycles. The fourth-order valence-electron chi connectivity index (χ4n) is 5.71. The van der Waals surface area contributed by atoms with E-state index < -0.39 is 11.7 Å². The van der Waals surface area contributed by atoms with Gasteiger partial charge in [-0.1, -0.05) is 48.5 Å². The molecule has 5 atom stereocenters. The molecule has 5 nitrogen and oxygen atoms in total.